The van der Waals surface area contributed by atoms with Crippen molar-refractivity contribution in [3.05, 3.63) is 23.8 Å². The molecule has 0 unspecified atom stereocenters. The van der Waals surface area contributed by atoms with E-state index in [9.17, 15) is 9.59 Å². The van der Waals surface area contributed by atoms with E-state index < -0.39 is 5.97 Å². The van der Waals surface area contributed by atoms with Gasteiger partial charge in [0, 0.05) is 11.8 Å². The fourth-order valence-corrected chi connectivity index (χ4v) is 1.12. The number of nitrogen functional groups attached to an aromatic ring is 1. The molecule has 0 saturated heterocycles. The second-order valence-corrected chi connectivity index (χ2v) is 2.81. The lowest BCUT2D eigenvalue weighted by Gasteiger charge is -2.09. The first kappa shape index (κ1) is 11.8. The molecule has 0 aliphatic heterocycles. The normalized spacial score (nSPS) is 9.31. The summed E-state index contributed by atoms with van der Waals surface area (Å²) in [5.74, 6) is -0.393. The first-order valence-electron chi connectivity index (χ1n) is 4.61. The van der Waals surface area contributed by atoms with Gasteiger partial charge in [-0.3, -0.25) is 4.79 Å². The van der Waals surface area contributed by atoms with Crippen molar-refractivity contribution in [2.45, 2.75) is 6.92 Å². The van der Waals surface area contributed by atoms with Gasteiger partial charge in [-0.2, -0.15) is 5.48 Å². The van der Waals surface area contributed by atoms with Gasteiger partial charge in [0.2, 0.25) is 6.41 Å². The van der Waals surface area contributed by atoms with Crippen molar-refractivity contribution in [3.8, 4) is 5.75 Å². The third-order valence-electron chi connectivity index (χ3n) is 1.73. The predicted octanol–water partition coefficient (Wildman–Crippen LogP) is 0.485. The molecule has 16 heavy (non-hydrogen) atoms. The Hall–Kier alpha value is -2.24. The first-order chi connectivity index (χ1) is 7.69. The van der Waals surface area contributed by atoms with Gasteiger partial charge in [-0.1, -0.05) is 0 Å². The number of hydrogen-bond donors (Lipinski definition) is 2. The van der Waals surface area contributed by atoms with Gasteiger partial charge in [-0.05, 0) is 19.1 Å². The van der Waals surface area contributed by atoms with Crippen molar-refractivity contribution in [1.29, 1.82) is 0 Å². The van der Waals surface area contributed by atoms with Gasteiger partial charge >= 0.3 is 5.97 Å². The fourth-order valence-electron chi connectivity index (χ4n) is 1.12. The maximum atomic E-state index is 11.4. The summed E-state index contributed by atoms with van der Waals surface area (Å²) < 4.78 is 5.22. The molecule has 0 radical (unpaired) electrons. The molecule has 0 saturated carbocycles. The molecule has 1 amide bonds. The van der Waals surface area contributed by atoms with Crippen LogP contribution in [0.5, 0.6) is 5.75 Å². The number of hydrogen-bond acceptors (Lipinski definition) is 5. The average molecular weight is 224 g/mol. The largest absolute Gasteiger partial charge is 0.493 e. The van der Waals surface area contributed by atoms with Crippen LogP contribution in [-0.4, -0.2) is 19.0 Å². The van der Waals surface area contributed by atoms with Crippen LogP contribution in [0.15, 0.2) is 18.2 Å². The van der Waals surface area contributed by atoms with Crippen molar-refractivity contribution in [2.24, 2.45) is 0 Å². The standard InChI is InChI=1S/C10H12N2O4/c1-2-15-9-5-7(11)3-4-8(9)10(14)16-12-6-13/h3-6H,2,11H2,1H3,(H,12,13). The molecule has 86 valence electrons. The fraction of sp³-hybridized carbons (Fsp3) is 0.200. The molecular formula is C10H12N2O4. The van der Waals surface area contributed by atoms with Crippen molar-refractivity contribution in [2.75, 3.05) is 12.3 Å². The molecule has 1 rings (SSSR count). The Kier molecular flexibility index (Phi) is 4.14. The number of rotatable bonds is 5. The van der Waals surface area contributed by atoms with E-state index in [4.69, 9.17) is 10.5 Å². The topological polar surface area (TPSA) is 90.7 Å². The molecule has 0 aliphatic carbocycles. The second-order valence-electron chi connectivity index (χ2n) is 2.81. The van der Waals surface area contributed by atoms with E-state index in [2.05, 4.69) is 4.84 Å². The lowest BCUT2D eigenvalue weighted by molar-refractivity contribution is -0.117. The predicted molar refractivity (Wildman–Crippen MR) is 56.6 cm³/mol. The van der Waals surface area contributed by atoms with Gasteiger partial charge in [-0.25, -0.2) is 4.79 Å². The lowest BCUT2D eigenvalue weighted by atomic mass is 10.2. The number of carbonyl (C=O) groups excluding carboxylic acids is 2. The number of benzene rings is 1. The molecule has 6 heteroatoms. The highest BCUT2D eigenvalue weighted by Crippen LogP contribution is 2.22. The van der Waals surface area contributed by atoms with E-state index in [0.717, 1.165) is 0 Å². The summed E-state index contributed by atoms with van der Waals surface area (Å²) in [6, 6.07) is 4.52. The van der Waals surface area contributed by atoms with Crippen LogP contribution in [0.3, 0.4) is 0 Å². The number of amides is 1. The number of carbonyl (C=O) groups is 2. The monoisotopic (exact) mass is 224 g/mol. The summed E-state index contributed by atoms with van der Waals surface area (Å²) in [6.45, 7) is 2.17. The van der Waals surface area contributed by atoms with Crippen molar-refractivity contribution in [1.82, 2.24) is 5.48 Å². The number of hydroxylamine groups is 1. The molecule has 6 nitrogen and oxygen atoms in total. The van der Waals surface area contributed by atoms with Crippen molar-refractivity contribution < 1.29 is 19.2 Å². The van der Waals surface area contributed by atoms with Crippen LogP contribution in [0.2, 0.25) is 0 Å². The van der Waals surface area contributed by atoms with E-state index in [1.165, 1.54) is 12.1 Å². The molecule has 0 spiro atoms. The maximum Gasteiger partial charge on any atom is 0.366 e. The molecule has 0 bridgehead atoms. The quantitative estimate of drug-likeness (QED) is 0.431. The lowest BCUT2D eigenvalue weighted by Crippen LogP contribution is -2.18. The third-order valence-corrected chi connectivity index (χ3v) is 1.73. The molecule has 1 aromatic carbocycles. The van der Waals surface area contributed by atoms with E-state index in [0.29, 0.717) is 18.0 Å². The Morgan fingerprint density at radius 3 is 2.94 bits per heavy atom. The van der Waals surface area contributed by atoms with Crippen molar-refractivity contribution in [3.63, 3.8) is 0 Å². The molecular weight excluding hydrogens is 212 g/mol. The minimum absolute atomic E-state index is 0.199. The van der Waals surface area contributed by atoms with Crippen LogP contribution in [0.4, 0.5) is 5.69 Å². The van der Waals surface area contributed by atoms with Crippen LogP contribution in [0.25, 0.3) is 0 Å². The highest BCUT2D eigenvalue weighted by molar-refractivity contribution is 5.93. The van der Waals surface area contributed by atoms with Crippen LogP contribution >= 0.6 is 0 Å². The van der Waals surface area contributed by atoms with Gasteiger partial charge in [0.1, 0.15) is 11.3 Å². The molecule has 1 aromatic rings. The minimum atomic E-state index is -0.712. The Morgan fingerprint density at radius 2 is 2.31 bits per heavy atom. The summed E-state index contributed by atoms with van der Waals surface area (Å²) in [5.41, 5.74) is 8.04. The zero-order valence-corrected chi connectivity index (χ0v) is 8.73. The highest BCUT2D eigenvalue weighted by atomic mass is 16.7. The summed E-state index contributed by atoms with van der Waals surface area (Å²) in [4.78, 5) is 25.8. The smallest absolute Gasteiger partial charge is 0.366 e. The average Bonchev–Trinajstić information content (AvgIpc) is 2.26. The van der Waals surface area contributed by atoms with E-state index >= 15 is 0 Å². The summed E-state index contributed by atoms with van der Waals surface area (Å²) in [6.07, 6.45) is 0.259. The molecule has 0 heterocycles. The molecule has 0 fully saturated rings. The SMILES string of the molecule is CCOc1cc(N)ccc1C(=O)ONC=O. The number of nitrogens with two attached hydrogens (primary N) is 1. The number of anilines is 1. The Bertz CT molecular complexity index is 392. The zero-order chi connectivity index (χ0) is 12.0. The van der Waals surface area contributed by atoms with Crippen molar-refractivity contribution >= 4 is 18.1 Å². The highest BCUT2D eigenvalue weighted by Gasteiger charge is 2.14. The molecule has 0 aliphatic rings. The summed E-state index contributed by atoms with van der Waals surface area (Å²) in [7, 11) is 0. The van der Waals surface area contributed by atoms with Gasteiger partial charge < -0.3 is 15.3 Å². The van der Waals surface area contributed by atoms with Crippen LogP contribution in [-0.2, 0) is 9.63 Å². The summed E-state index contributed by atoms with van der Waals surface area (Å²) in [5, 5.41) is 0. The first-order valence-corrected chi connectivity index (χ1v) is 4.61. The number of ether oxygens (including phenoxy) is 1. The van der Waals surface area contributed by atoms with Gasteiger partial charge in [0.25, 0.3) is 0 Å². The maximum absolute atomic E-state index is 11.4. The Morgan fingerprint density at radius 1 is 1.56 bits per heavy atom. The second kappa shape index (κ2) is 5.59. The molecule has 0 atom stereocenters. The Labute approximate surface area is 92.3 Å². The van der Waals surface area contributed by atoms with Crippen LogP contribution < -0.4 is 16.0 Å². The summed E-state index contributed by atoms with van der Waals surface area (Å²) >= 11 is 0. The third kappa shape index (κ3) is 2.88. The molecule has 3 N–H and O–H groups in total. The van der Waals surface area contributed by atoms with E-state index in [-0.39, 0.29) is 12.0 Å². The van der Waals surface area contributed by atoms with Gasteiger partial charge in [-0.15, -0.1) is 0 Å². The van der Waals surface area contributed by atoms with Crippen LogP contribution in [0.1, 0.15) is 17.3 Å². The van der Waals surface area contributed by atoms with Crippen LogP contribution in [0, 0.1) is 0 Å². The van der Waals surface area contributed by atoms with Gasteiger partial charge in [0.05, 0.1) is 6.61 Å². The van der Waals surface area contributed by atoms with E-state index in [1.807, 2.05) is 5.48 Å². The van der Waals surface area contributed by atoms with E-state index in [1.54, 1.807) is 13.0 Å². The van der Waals surface area contributed by atoms with Gasteiger partial charge in [0.15, 0.2) is 0 Å². The number of nitrogens with one attached hydrogen (secondary N) is 1. The Balaban J connectivity index is 2.92. The zero-order valence-electron chi connectivity index (χ0n) is 8.73. The molecule has 0 aromatic heterocycles. The minimum Gasteiger partial charge on any atom is -0.493 e.